The predicted octanol–water partition coefficient (Wildman–Crippen LogP) is 5.61. The Morgan fingerprint density at radius 1 is 1.10 bits per heavy atom. The fourth-order valence-electron chi connectivity index (χ4n) is 9.01. The second-order valence-corrected chi connectivity index (χ2v) is 17.8. The van der Waals surface area contributed by atoms with Crippen LogP contribution in [0, 0.1) is 23.7 Å². The quantitative estimate of drug-likeness (QED) is 0.298. The summed E-state index contributed by atoms with van der Waals surface area (Å²) < 4.78 is 55.0. The zero-order valence-electron chi connectivity index (χ0n) is 30.8. The number of benzene rings is 2. The predicted molar refractivity (Wildman–Crippen MR) is 202 cm³/mol. The normalized spacial score (nSPS) is 32.8. The Kier molecular flexibility index (Phi) is 11.3. The van der Waals surface area contributed by atoms with Crippen molar-refractivity contribution in [1.82, 2.24) is 9.62 Å². The average molecular weight is 756 g/mol. The number of rotatable bonds is 6. The molecule has 7 rings (SSSR count). The first-order valence-electron chi connectivity index (χ1n) is 19.0. The highest BCUT2D eigenvalue weighted by molar-refractivity contribution is 7.90. The number of sulfonamides is 1. The van der Waals surface area contributed by atoms with Crippen LogP contribution in [0.2, 0.25) is 5.02 Å². The van der Waals surface area contributed by atoms with E-state index in [0.717, 1.165) is 75.7 Å². The van der Waals surface area contributed by atoms with Crippen LogP contribution in [0.1, 0.15) is 57.1 Å². The molecular formula is C40H54ClN3O7S. The van der Waals surface area contributed by atoms with Crippen molar-refractivity contribution in [2.24, 2.45) is 23.7 Å². The SMILES string of the molecule is CO[C@@]1(COCCN2CCOCC2)/C=C/C[C@H](C)[C@@H](C)C(=O)NS(=O)(=O)c2ccc3c(c2)N(C[C@@H]2CC[C@H]21)C[C@@]1(CCCc2cc(Cl)ccc21)CO3. The van der Waals surface area contributed by atoms with E-state index in [1.54, 1.807) is 32.2 Å². The van der Waals surface area contributed by atoms with Crippen molar-refractivity contribution in [3.8, 4) is 5.75 Å². The number of nitrogens with one attached hydrogen (secondary N) is 1. The topological polar surface area (TPSA) is 107 Å². The number of morpholine rings is 1. The van der Waals surface area contributed by atoms with E-state index in [4.69, 9.17) is 30.5 Å². The molecule has 1 N–H and O–H groups in total. The third kappa shape index (κ3) is 7.64. The maximum Gasteiger partial charge on any atom is 0.264 e. The summed E-state index contributed by atoms with van der Waals surface area (Å²) in [7, 11) is -2.34. The number of ether oxygens (including phenoxy) is 4. The van der Waals surface area contributed by atoms with E-state index in [9.17, 15) is 13.2 Å². The van der Waals surface area contributed by atoms with Crippen molar-refractivity contribution in [2.45, 2.75) is 68.3 Å². The first-order chi connectivity index (χ1) is 25.0. The van der Waals surface area contributed by atoms with Gasteiger partial charge in [-0.1, -0.05) is 43.7 Å². The maximum absolute atomic E-state index is 13.7. The molecular weight excluding hydrogens is 702 g/mol. The molecule has 2 aromatic carbocycles. The van der Waals surface area contributed by atoms with Gasteiger partial charge in [0.25, 0.3) is 10.0 Å². The van der Waals surface area contributed by atoms with Gasteiger partial charge in [-0.25, -0.2) is 13.1 Å². The third-order valence-electron chi connectivity index (χ3n) is 12.6. The second kappa shape index (κ2) is 15.6. The molecule has 1 amide bonds. The van der Waals surface area contributed by atoms with Crippen LogP contribution in [0.25, 0.3) is 0 Å². The smallest absolute Gasteiger partial charge is 0.264 e. The fraction of sp³-hybridized carbons (Fsp3) is 0.625. The average Bonchev–Trinajstić information content (AvgIpc) is 3.27. The molecule has 284 valence electrons. The molecule has 6 atom stereocenters. The van der Waals surface area contributed by atoms with Crippen LogP contribution < -0.4 is 14.4 Å². The van der Waals surface area contributed by atoms with Gasteiger partial charge < -0.3 is 23.8 Å². The van der Waals surface area contributed by atoms with Crippen LogP contribution in [-0.4, -0.2) is 97.7 Å². The molecule has 2 bridgehead atoms. The molecule has 5 aliphatic rings. The standard InChI is InChI=1S/C40H54ClN3O7S/c1-28-6-4-15-40(48-3,27-50-21-18-43-16-19-49-20-17-43)35-11-8-31(35)24-44-25-39(14-5-7-30-22-32(41)9-12-34(30)39)26-51-37-13-10-33(23-36(37)44)52(46,47)42-38(45)29(28)2/h4,9-10,12-13,15,22-23,28-29,31,35H,5-8,11,14,16-21,24-27H2,1-3H3,(H,42,45)/b15-4+/t28-,29+,31-,35+,39-,40+/m0/s1. The lowest BCUT2D eigenvalue weighted by Crippen LogP contribution is -2.55. The van der Waals surface area contributed by atoms with Crippen molar-refractivity contribution in [2.75, 3.05) is 77.8 Å². The minimum Gasteiger partial charge on any atom is -0.490 e. The van der Waals surface area contributed by atoms with Gasteiger partial charge in [-0.2, -0.15) is 0 Å². The summed E-state index contributed by atoms with van der Waals surface area (Å²) in [6, 6.07) is 11.2. The lowest BCUT2D eigenvalue weighted by Gasteiger charge is -2.50. The number of allylic oxidation sites excluding steroid dienone is 1. The van der Waals surface area contributed by atoms with Crippen LogP contribution in [-0.2, 0) is 40.9 Å². The molecule has 0 aromatic heterocycles. The number of hydrogen-bond donors (Lipinski definition) is 1. The molecule has 12 heteroatoms. The molecule has 0 unspecified atom stereocenters. The first-order valence-corrected chi connectivity index (χ1v) is 20.9. The number of halogens is 1. The number of fused-ring (bicyclic) bond motifs is 4. The minimum atomic E-state index is -4.13. The largest absolute Gasteiger partial charge is 0.490 e. The number of carbonyl (C=O) groups excluding carboxylic acids is 1. The van der Waals surface area contributed by atoms with Crippen molar-refractivity contribution in [3.05, 3.63) is 64.7 Å². The highest BCUT2D eigenvalue weighted by atomic mass is 35.5. The number of hydrogen-bond acceptors (Lipinski definition) is 9. The Bertz CT molecular complexity index is 1750. The molecule has 2 aromatic rings. The van der Waals surface area contributed by atoms with E-state index < -0.39 is 27.4 Å². The van der Waals surface area contributed by atoms with Crippen molar-refractivity contribution in [1.29, 1.82) is 0 Å². The minimum absolute atomic E-state index is 0.0527. The van der Waals surface area contributed by atoms with Gasteiger partial charge in [0.05, 0.1) is 43.6 Å². The maximum atomic E-state index is 13.7. The molecule has 0 radical (unpaired) electrons. The van der Waals surface area contributed by atoms with E-state index in [1.807, 2.05) is 13.0 Å². The lowest BCUT2D eigenvalue weighted by molar-refractivity contribution is -0.124. The third-order valence-corrected chi connectivity index (χ3v) is 14.2. The number of methoxy groups -OCH3 is 1. The van der Waals surface area contributed by atoms with Crippen LogP contribution in [0.5, 0.6) is 5.75 Å². The van der Waals surface area contributed by atoms with E-state index in [2.05, 4.69) is 38.8 Å². The molecule has 2 fully saturated rings. The molecule has 3 heterocycles. The Morgan fingerprint density at radius 3 is 2.69 bits per heavy atom. The zero-order valence-corrected chi connectivity index (χ0v) is 32.4. The zero-order chi connectivity index (χ0) is 36.5. The summed E-state index contributed by atoms with van der Waals surface area (Å²) in [5.74, 6) is -0.0795. The Balaban J connectivity index is 1.25. The Hall–Kier alpha value is -2.67. The number of nitrogens with zero attached hydrogens (tertiary/aromatic N) is 2. The molecule has 2 aliphatic carbocycles. The van der Waals surface area contributed by atoms with Crippen LogP contribution >= 0.6 is 11.6 Å². The van der Waals surface area contributed by atoms with Crippen LogP contribution in [0.4, 0.5) is 5.69 Å². The van der Waals surface area contributed by atoms with E-state index in [1.165, 1.54) is 11.1 Å². The van der Waals surface area contributed by atoms with Gasteiger partial charge in [0.1, 0.15) is 11.4 Å². The Morgan fingerprint density at radius 2 is 1.92 bits per heavy atom. The first kappa shape index (κ1) is 37.6. The van der Waals surface area contributed by atoms with Crippen LogP contribution in [0.15, 0.2) is 53.4 Å². The number of aryl methyl sites for hydroxylation is 1. The van der Waals surface area contributed by atoms with Crippen LogP contribution in [0.3, 0.4) is 0 Å². The van der Waals surface area contributed by atoms with E-state index in [-0.39, 0.29) is 28.1 Å². The summed E-state index contributed by atoms with van der Waals surface area (Å²) in [5, 5.41) is 0.729. The summed E-state index contributed by atoms with van der Waals surface area (Å²) in [5.41, 5.74) is 2.26. The van der Waals surface area contributed by atoms with Gasteiger partial charge in [-0.3, -0.25) is 9.69 Å². The fourth-order valence-corrected chi connectivity index (χ4v) is 10.3. The van der Waals surface area contributed by atoms with Gasteiger partial charge in [0.15, 0.2) is 0 Å². The molecule has 1 saturated heterocycles. The summed E-state index contributed by atoms with van der Waals surface area (Å²) in [6.45, 7) is 10.8. The highest BCUT2D eigenvalue weighted by Gasteiger charge is 2.49. The van der Waals surface area contributed by atoms with Gasteiger partial charge in [-0.05, 0) is 97.7 Å². The Labute approximate surface area is 314 Å². The second-order valence-electron chi connectivity index (χ2n) is 15.7. The van der Waals surface area contributed by atoms with Gasteiger partial charge in [-0.15, -0.1) is 0 Å². The lowest BCUT2D eigenvalue weighted by atomic mass is 9.64. The number of anilines is 1. The van der Waals surface area contributed by atoms with Crippen molar-refractivity contribution in [3.63, 3.8) is 0 Å². The van der Waals surface area contributed by atoms with Gasteiger partial charge in [0.2, 0.25) is 5.91 Å². The van der Waals surface area contributed by atoms with Gasteiger partial charge in [0, 0.05) is 56.2 Å². The number of amides is 1. The van der Waals surface area contributed by atoms with Gasteiger partial charge >= 0.3 is 0 Å². The monoisotopic (exact) mass is 755 g/mol. The highest BCUT2D eigenvalue weighted by Crippen LogP contribution is 2.49. The van der Waals surface area contributed by atoms with E-state index >= 15 is 0 Å². The summed E-state index contributed by atoms with van der Waals surface area (Å²) in [6.07, 6.45) is 9.80. The molecule has 10 nitrogen and oxygen atoms in total. The molecule has 1 saturated carbocycles. The summed E-state index contributed by atoms with van der Waals surface area (Å²) >= 11 is 6.48. The number of carbonyl (C=O) groups is 1. The molecule has 52 heavy (non-hydrogen) atoms. The van der Waals surface area contributed by atoms with Crippen molar-refractivity contribution >= 4 is 33.2 Å². The van der Waals surface area contributed by atoms with Crippen molar-refractivity contribution < 1.29 is 32.2 Å². The molecule has 1 spiro atoms. The van der Waals surface area contributed by atoms with E-state index in [0.29, 0.717) is 45.1 Å². The molecule has 3 aliphatic heterocycles. The summed E-state index contributed by atoms with van der Waals surface area (Å²) in [4.78, 5) is 18.2.